The summed E-state index contributed by atoms with van der Waals surface area (Å²) in [4.78, 5) is 24.9. The van der Waals surface area contributed by atoms with Crippen LogP contribution in [-0.4, -0.2) is 45.1 Å². The van der Waals surface area contributed by atoms with E-state index in [1.165, 1.54) is 31.5 Å². The molecule has 0 atom stereocenters. The van der Waals surface area contributed by atoms with Crippen molar-refractivity contribution in [1.82, 2.24) is 30.5 Å². The van der Waals surface area contributed by atoms with E-state index in [1.54, 1.807) is 18.2 Å². The lowest BCUT2D eigenvalue weighted by atomic mass is 10.1. The molecule has 0 saturated carbocycles. The van der Waals surface area contributed by atoms with Crippen molar-refractivity contribution in [2.75, 3.05) is 24.7 Å². The second-order valence-electron chi connectivity index (χ2n) is 6.85. The zero-order chi connectivity index (χ0) is 27.3. The Morgan fingerprint density at radius 3 is 2.57 bits per heavy atom. The molecule has 0 fully saturated rings. The van der Waals surface area contributed by atoms with Crippen LogP contribution in [-0.2, 0) is 0 Å². The van der Waals surface area contributed by atoms with Crippen molar-refractivity contribution < 1.29 is 18.0 Å². The molecule has 0 aliphatic carbocycles. The van der Waals surface area contributed by atoms with Crippen molar-refractivity contribution in [3.63, 3.8) is 0 Å². The van der Waals surface area contributed by atoms with E-state index in [1.807, 2.05) is 11.4 Å². The highest BCUT2D eigenvalue weighted by Gasteiger charge is 2.17. The van der Waals surface area contributed by atoms with Gasteiger partial charge in [0.05, 0.1) is 42.0 Å². The summed E-state index contributed by atoms with van der Waals surface area (Å²) in [5.74, 6) is -0.518. The molecule has 11 nitrogen and oxygen atoms in total. The van der Waals surface area contributed by atoms with Crippen molar-refractivity contribution in [1.29, 1.82) is 5.26 Å². The molecule has 0 aliphatic heterocycles. The number of benzene rings is 1. The largest absolute Gasteiger partial charge is 0.494 e. The molecule has 3 heterocycles. The molecule has 0 unspecified atom stereocenters. The quantitative estimate of drug-likeness (QED) is 0.364. The van der Waals surface area contributed by atoms with Crippen LogP contribution < -0.4 is 20.7 Å². The number of halogens is 1. The van der Waals surface area contributed by atoms with Crippen LogP contribution in [0, 0.1) is 17.1 Å². The Balaban J connectivity index is 1.74. The number of nitrogens with zero attached hydrogens (tertiary/aromatic N) is 6. The van der Waals surface area contributed by atoms with Crippen LogP contribution >= 0.6 is 0 Å². The van der Waals surface area contributed by atoms with Gasteiger partial charge < -0.3 is 20.7 Å². The summed E-state index contributed by atoms with van der Waals surface area (Å²) >= 11 is 0. The summed E-state index contributed by atoms with van der Waals surface area (Å²) in [5.41, 5.74) is 1.02. The fraction of sp³-hybridized carbons (Fsp3) is 0.0870. The Morgan fingerprint density at radius 2 is 1.89 bits per heavy atom. The highest BCUT2D eigenvalue weighted by atomic mass is 19.1. The summed E-state index contributed by atoms with van der Waals surface area (Å²) in [7, 11) is 1.42. The number of hydrogen-bond acceptors (Lipinski definition) is 10. The molecule has 0 bridgehead atoms. The van der Waals surface area contributed by atoms with Gasteiger partial charge in [0.1, 0.15) is 11.9 Å². The van der Waals surface area contributed by atoms with Crippen molar-refractivity contribution in [2.45, 2.75) is 0 Å². The number of rotatable bonds is 7. The lowest BCUT2D eigenvalue weighted by Crippen LogP contribution is -2.19. The molecule has 1 amide bonds. The molecule has 3 N–H and O–H groups in total. The van der Waals surface area contributed by atoms with Crippen LogP contribution in [0.2, 0.25) is 0 Å². The highest BCUT2D eigenvalue weighted by molar-refractivity contribution is 6.00. The van der Waals surface area contributed by atoms with Gasteiger partial charge in [-0.2, -0.15) is 5.26 Å². The molecule has 1 aromatic carbocycles. The fourth-order valence-corrected chi connectivity index (χ4v) is 3.09. The van der Waals surface area contributed by atoms with Crippen molar-refractivity contribution in [3.8, 4) is 23.2 Å². The number of ether oxygens (including phenoxy) is 1. The number of carbonyl (C=O) groups excluding carboxylic acids is 1. The standard InChI is InChI=1S/C23H18FN9O2/c1-26-23(34)16-12-27-20(31-19-7-6-14(9-25)32-33-19)8-18(16)30-17-5-3-4-15(21(17)35-2)22-28-10-13(24)11-29-22/h3-8,10-12H,1-2H3,(H,26,34)(H2,27,30,31,33)/i1D3. The van der Waals surface area contributed by atoms with Crippen molar-refractivity contribution in [2.24, 2.45) is 0 Å². The van der Waals surface area contributed by atoms with Crippen LogP contribution in [0.1, 0.15) is 20.2 Å². The SMILES string of the molecule is [2H]C([2H])([2H])NC(=O)c1cnc(Nc2ccc(C#N)nn2)cc1Nc1cccc(-c2ncc(F)cn2)c1OC. The lowest BCUT2D eigenvalue weighted by Gasteiger charge is -2.17. The summed E-state index contributed by atoms with van der Waals surface area (Å²) < 4.78 is 41.0. The Bertz CT molecular complexity index is 1510. The van der Waals surface area contributed by atoms with Gasteiger partial charge in [0.2, 0.25) is 0 Å². The lowest BCUT2D eigenvalue weighted by molar-refractivity contribution is 0.0963. The second kappa shape index (κ2) is 10.2. The third-order valence-electron chi connectivity index (χ3n) is 4.65. The predicted molar refractivity (Wildman–Crippen MR) is 125 cm³/mol. The van der Waals surface area contributed by atoms with Gasteiger partial charge in [0.25, 0.3) is 5.91 Å². The first-order valence-electron chi connectivity index (χ1n) is 11.4. The normalized spacial score (nSPS) is 11.9. The monoisotopic (exact) mass is 474 g/mol. The topological polar surface area (TPSA) is 151 Å². The predicted octanol–water partition coefficient (Wildman–Crippen LogP) is 3.19. The second-order valence-corrected chi connectivity index (χ2v) is 6.85. The molecule has 3 aromatic heterocycles. The highest BCUT2D eigenvalue weighted by Crippen LogP contribution is 2.37. The molecule has 4 rings (SSSR count). The molecule has 174 valence electrons. The van der Waals surface area contributed by atoms with Gasteiger partial charge >= 0.3 is 0 Å². The van der Waals surface area contributed by atoms with Gasteiger partial charge in [-0.3, -0.25) is 4.79 Å². The fourth-order valence-electron chi connectivity index (χ4n) is 3.09. The molecule has 0 aliphatic rings. The van der Waals surface area contributed by atoms with Crippen molar-refractivity contribution in [3.05, 3.63) is 72.1 Å². The Kier molecular flexibility index (Phi) is 5.61. The number of pyridine rings is 1. The number of hydrogen-bond donors (Lipinski definition) is 3. The number of carbonyl (C=O) groups is 1. The first-order valence-corrected chi connectivity index (χ1v) is 9.92. The van der Waals surface area contributed by atoms with Crippen LogP contribution in [0.25, 0.3) is 11.4 Å². The Labute approximate surface area is 203 Å². The number of nitrogens with one attached hydrogen (secondary N) is 3. The Hall–Kier alpha value is -5.18. The minimum Gasteiger partial charge on any atom is -0.494 e. The van der Waals surface area contributed by atoms with Gasteiger partial charge in [-0.25, -0.2) is 19.3 Å². The van der Waals surface area contributed by atoms with E-state index in [4.69, 9.17) is 14.1 Å². The smallest absolute Gasteiger partial charge is 0.254 e. The number of para-hydroxylation sites is 1. The van der Waals surface area contributed by atoms with Crippen LogP contribution in [0.15, 0.2) is 55.0 Å². The van der Waals surface area contributed by atoms with Crippen LogP contribution in [0.5, 0.6) is 5.75 Å². The molecule has 12 heteroatoms. The van der Waals surface area contributed by atoms with E-state index in [-0.39, 0.29) is 40.2 Å². The summed E-state index contributed by atoms with van der Waals surface area (Å²) in [6.07, 6.45) is 3.22. The average molecular weight is 474 g/mol. The van der Waals surface area contributed by atoms with Gasteiger partial charge in [-0.15, -0.1) is 10.2 Å². The van der Waals surface area contributed by atoms with E-state index in [0.717, 1.165) is 12.4 Å². The van der Waals surface area contributed by atoms with E-state index >= 15 is 0 Å². The maximum Gasteiger partial charge on any atom is 0.254 e. The summed E-state index contributed by atoms with van der Waals surface area (Å²) in [6.45, 7) is -2.74. The zero-order valence-electron chi connectivity index (χ0n) is 21.1. The molecular formula is C23H18FN9O2. The third kappa shape index (κ3) is 5.09. The van der Waals surface area contributed by atoms with E-state index < -0.39 is 18.7 Å². The minimum atomic E-state index is -2.74. The summed E-state index contributed by atoms with van der Waals surface area (Å²) in [6, 6.07) is 11.3. The van der Waals surface area contributed by atoms with Crippen LogP contribution in [0.4, 0.5) is 27.4 Å². The third-order valence-corrected chi connectivity index (χ3v) is 4.65. The average Bonchev–Trinajstić information content (AvgIpc) is 2.88. The first-order chi connectivity index (χ1) is 18.2. The van der Waals surface area contributed by atoms with Gasteiger partial charge in [-0.05, 0) is 24.3 Å². The maximum absolute atomic E-state index is 13.3. The number of nitriles is 1. The Morgan fingerprint density at radius 1 is 1.06 bits per heavy atom. The molecule has 35 heavy (non-hydrogen) atoms. The molecule has 4 aromatic rings. The number of amides is 1. The van der Waals surface area contributed by atoms with E-state index in [2.05, 4.69) is 35.8 Å². The van der Waals surface area contributed by atoms with Crippen LogP contribution in [0.3, 0.4) is 0 Å². The molecule has 0 spiro atoms. The van der Waals surface area contributed by atoms with Gasteiger partial charge in [0.15, 0.2) is 28.9 Å². The number of anilines is 4. The molecule has 0 saturated heterocycles. The minimum absolute atomic E-state index is 0.0805. The molecule has 0 radical (unpaired) electrons. The van der Waals surface area contributed by atoms with Crippen molar-refractivity contribution >= 4 is 28.9 Å². The first kappa shape index (κ1) is 19.3. The molecular weight excluding hydrogens is 453 g/mol. The zero-order valence-corrected chi connectivity index (χ0v) is 18.1. The number of aromatic nitrogens is 5. The maximum atomic E-state index is 13.3. The van der Waals surface area contributed by atoms with E-state index in [9.17, 15) is 9.18 Å². The van der Waals surface area contributed by atoms with Gasteiger partial charge in [-0.1, -0.05) is 6.07 Å². The van der Waals surface area contributed by atoms with Gasteiger partial charge in [0, 0.05) is 23.4 Å². The van der Waals surface area contributed by atoms with E-state index in [0.29, 0.717) is 11.3 Å². The summed E-state index contributed by atoms with van der Waals surface area (Å²) in [5, 5.41) is 24.4. The number of methoxy groups -OCH3 is 1.